The molecule has 0 bridgehead atoms. The number of nitro benzene ring substituents is 2. The van der Waals surface area contributed by atoms with E-state index in [1.54, 1.807) is 13.0 Å². The predicted octanol–water partition coefficient (Wildman–Crippen LogP) is 4.47. The van der Waals surface area contributed by atoms with Gasteiger partial charge in [-0.25, -0.2) is 0 Å². The summed E-state index contributed by atoms with van der Waals surface area (Å²) in [5.74, 6) is -1.95. The fourth-order valence-corrected chi connectivity index (χ4v) is 2.45. The molecule has 1 unspecified atom stereocenters. The van der Waals surface area contributed by atoms with Crippen molar-refractivity contribution >= 4 is 23.3 Å². The maximum absolute atomic E-state index is 11.1. The van der Waals surface area contributed by atoms with Gasteiger partial charge in [-0.2, -0.15) is 0 Å². The minimum atomic E-state index is -0.911. The van der Waals surface area contributed by atoms with E-state index in [1.165, 1.54) is 42.5 Å². The van der Waals surface area contributed by atoms with E-state index in [1.807, 2.05) is 6.92 Å². The highest BCUT2D eigenvalue weighted by Crippen LogP contribution is 2.26. The first-order chi connectivity index (χ1) is 14.2. The van der Waals surface area contributed by atoms with Crippen LogP contribution in [0.4, 0.5) is 11.4 Å². The molecule has 1 N–H and O–H groups in total. The van der Waals surface area contributed by atoms with Gasteiger partial charge in [0.15, 0.2) is 0 Å². The Kier molecular flexibility index (Phi) is 9.60. The Morgan fingerprint density at radius 1 is 1.00 bits per heavy atom. The van der Waals surface area contributed by atoms with Crippen molar-refractivity contribution in [1.29, 1.82) is 0 Å². The largest absolute Gasteiger partial charge is 0.481 e. The van der Waals surface area contributed by atoms with Crippen LogP contribution in [0.1, 0.15) is 44.6 Å². The third kappa shape index (κ3) is 7.30. The minimum absolute atomic E-state index is 0.000880. The van der Waals surface area contributed by atoms with Crippen molar-refractivity contribution in [2.45, 2.75) is 39.0 Å². The van der Waals surface area contributed by atoms with Gasteiger partial charge < -0.3 is 9.84 Å². The van der Waals surface area contributed by atoms with E-state index in [0.29, 0.717) is 18.4 Å². The Hall–Kier alpha value is -3.82. The highest BCUT2D eigenvalue weighted by atomic mass is 16.6. The second-order valence-electron chi connectivity index (χ2n) is 6.10. The number of esters is 1. The summed E-state index contributed by atoms with van der Waals surface area (Å²) in [7, 11) is 0. The number of carboxylic acids is 1. The first-order valence-electron chi connectivity index (χ1n) is 9.12. The molecule has 0 saturated carbocycles. The van der Waals surface area contributed by atoms with Gasteiger partial charge >= 0.3 is 17.6 Å². The molecule has 2 rings (SSSR count). The van der Waals surface area contributed by atoms with Gasteiger partial charge in [0.25, 0.3) is 5.69 Å². The third-order valence-corrected chi connectivity index (χ3v) is 3.95. The number of hydrogen-bond acceptors (Lipinski definition) is 7. The highest BCUT2D eigenvalue weighted by Gasteiger charge is 2.18. The van der Waals surface area contributed by atoms with Crippen LogP contribution in [-0.2, 0) is 9.59 Å². The number of nitro groups is 2. The fourth-order valence-electron chi connectivity index (χ4n) is 2.45. The van der Waals surface area contributed by atoms with Gasteiger partial charge in [0, 0.05) is 24.6 Å². The molecule has 10 heteroatoms. The molecule has 0 aromatic heterocycles. The number of hydrogen-bond donors (Lipinski definition) is 1. The summed E-state index contributed by atoms with van der Waals surface area (Å²) >= 11 is 0. The van der Waals surface area contributed by atoms with Crippen LogP contribution in [-0.4, -0.2) is 26.9 Å². The van der Waals surface area contributed by atoms with E-state index < -0.39 is 27.7 Å². The first-order valence-corrected chi connectivity index (χ1v) is 9.12. The molecule has 0 aliphatic heterocycles. The molecule has 0 fully saturated rings. The van der Waals surface area contributed by atoms with Gasteiger partial charge in [0.05, 0.1) is 15.8 Å². The molecular weight excluding hydrogens is 396 g/mol. The lowest BCUT2D eigenvalue weighted by atomic mass is 9.97. The van der Waals surface area contributed by atoms with E-state index in [9.17, 15) is 29.8 Å². The summed E-state index contributed by atoms with van der Waals surface area (Å²) in [6, 6.07) is 11.4. The molecule has 0 aliphatic rings. The summed E-state index contributed by atoms with van der Waals surface area (Å²) in [5.41, 5.74) is 0.372. The number of nitrogens with zero attached hydrogens (tertiary/aromatic N) is 2. The number of aliphatic carboxylic acids is 1. The topological polar surface area (TPSA) is 150 Å². The summed E-state index contributed by atoms with van der Waals surface area (Å²) < 4.78 is 4.87. The number of non-ortho nitro benzene ring substituents is 1. The number of rotatable bonds is 8. The Bertz CT molecular complexity index is 896. The van der Waals surface area contributed by atoms with Crippen molar-refractivity contribution in [2.75, 3.05) is 0 Å². The van der Waals surface area contributed by atoms with Crippen molar-refractivity contribution in [3.05, 3.63) is 74.3 Å². The zero-order valence-corrected chi connectivity index (χ0v) is 16.5. The van der Waals surface area contributed by atoms with Gasteiger partial charge in [-0.3, -0.25) is 29.8 Å². The SMILES string of the molecule is CCC(C(=O)O)c1ccc([N+](=O)[O-])cc1.CCCC(=O)Oc1ccccc1[N+](=O)[O-]. The Balaban J connectivity index is 0.000000300. The molecule has 160 valence electrons. The lowest BCUT2D eigenvalue weighted by Gasteiger charge is -2.08. The Morgan fingerprint density at radius 2 is 1.60 bits per heavy atom. The van der Waals surface area contributed by atoms with Crippen molar-refractivity contribution in [3.8, 4) is 5.75 Å². The fraction of sp³-hybridized carbons (Fsp3) is 0.300. The van der Waals surface area contributed by atoms with E-state index in [0.717, 1.165) is 0 Å². The van der Waals surface area contributed by atoms with Gasteiger partial charge in [0.2, 0.25) is 5.75 Å². The van der Waals surface area contributed by atoms with Crippen LogP contribution in [0, 0.1) is 20.2 Å². The lowest BCUT2D eigenvalue weighted by molar-refractivity contribution is -0.385. The van der Waals surface area contributed by atoms with Crippen molar-refractivity contribution < 1.29 is 29.3 Å². The third-order valence-electron chi connectivity index (χ3n) is 3.95. The summed E-state index contributed by atoms with van der Waals surface area (Å²) in [5, 5.41) is 29.8. The number of carbonyl (C=O) groups is 2. The molecule has 2 aromatic rings. The number of carboxylic acid groups (broad SMARTS) is 1. The molecule has 30 heavy (non-hydrogen) atoms. The maximum atomic E-state index is 11.1. The van der Waals surface area contributed by atoms with Gasteiger partial charge in [-0.15, -0.1) is 0 Å². The molecule has 10 nitrogen and oxygen atoms in total. The summed E-state index contributed by atoms with van der Waals surface area (Å²) in [4.78, 5) is 41.8. The lowest BCUT2D eigenvalue weighted by Crippen LogP contribution is -2.10. The molecule has 1 atom stereocenters. The second-order valence-corrected chi connectivity index (χ2v) is 6.10. The van der Waals surface area contributed by atoms with Crippen LogP contribution in [0.25, 0.3) is 0 Å². The zero-order chi connectivity index (χ0) is 22.7. The number of carbonyl (C=O) groups excluding carboxylic acids is 1. The van der Waals surface area contributed by atoms with E-state index in [4.69, 9.17) is 9.84 Å². The summed E-state index contributed by atoms with van der Waals surface area (Å²) in [6.07, 6.45) is 1.37. The number of benzene rings is 2. The first kappa shape index (κ1) is 24.2. The second kappa shape index (κ2) is 11.9. The normalized spacial score (nSPS) is 10.9. The zero-order valence-electron chi connectivity index (χ0n) is 16.5. The highest BCUT2D eigenvalue weighted by molar-refractivity contribution is 5.76. The van der Waals surface area contributed by atoms with Crippen LogP contribution < -0.4 is 4.74 Å². The van der Waals surface area contributed by atoms with Crippen LogP contribution in [0.15, 0.2) is 48.5 Å². The van der Waals surface area contributed by atoms with Crippen LogP contribution >= 0.6 is 0 Å². The average molecular weight is 418 g/mol. The Labute approximate surface area is 172 Å². The quantitative estimate of drug-likeness (QED) is 0.285. The molecular formula is C20H22N2O8. The number of ether oxygens (including phenoxy) is 1. The molecule has 0 aliphatic carbocycles. The van der Waals surface area contributed by atoms with Crippen LogP contribution in [0.3, 0.4) is 0 Å². The van der Waals surface area contributed by atoms with Gasteiger partial charge in [0.1, 0.15) is 0 Å². The van der Waals surface area contributed by atoms with Gasteiger partial charge in [-0.05, 0) is 24.5 Å². The van der Waals surface area contributed by atoms with Gasteiger partial charge in [-0.1, -0.05) is 38.1 Å². The van der Waals surface area contributed by atoms with Crippen molar-refractivity contribution in [1.82, 2.24) is 0 Å². The monoisotopic (exact) mass is 418 g/mol. The summed E-state index contributed by atoms with van der Waals surface area (Å²) in [6.45, 7) is 3.60. The maximum Gasteiger partial charge on any atom is 0.311 e. The molecule has 0 amide bonds. The molecule has 0 saturated heterocycles. The standard InChI is InChI=1S/2C10H11NO4/c1-2-9(10(12)13)7-3-5-8(6-4-7)11(14)15;1-2-5-10(12)15-9-7-4-3-6-8(9)11(13)14/h3-6,9H,2H2,1H3,(H,12,13);3-4,6-7H,2,5H2,1H3. The van der Waals surface area contributed by atoms with Crippen molar-refractivity contribution in [3.63, 3.8) is 0 Å². The number of para-hydroxylation sites is 2. The smallest absolute Gasteiger partial charge is 0.311 e. The van der Waals surface area contributed by atoms with E-state index in [-0.39, 0.29) is 23.5 Å². The predicted molar refractivity (Wildman–Crippen MR) is 107 cm³/mol. The Morgan fingerprint density at radius 3 is 2.07 bits per heavy atom. The average Bonchev–Trinajstić information content (AvgIpc) is 2.69. The molecule has 0 spiro atoms. The molecule has 2 aromatic carbocycles. The molecule has 0 radical (unpaired) electrons. The minimum Gasteiger partial charge on any atom is -0.481 e. The van der Waals surface area contributed by atoms with E-state index in [2.05, 4.69) is 0 Å². The van der Waals surface area contributed by atoms with Crippen LogP contribution in [0.5, 0.6) is 5.75 Å². The van der Waals surface area contributed by atoms with Crippen LogP contribution in [0.2, 0.25) is 0 Å². The van der Waals surface area contributed by atoms with Crippen molar-refractivity contribution in [2.24, 2.45) is 0 Å². The van der Waals surface area contributed by atoms with E-state index >= 15 is 0 Å². The molecule has 0 heterocycles.